The second-order valence-corrected chi connectivity index (χ2v) is 8.06. The average molecular weight is 276 g/mol. The van der Waals surface area contributed by atoms with Gasteiger partial charge in [0, 0.05) is 0 Å². The summed E-state index contributed by atoms with van der Waals surface area (Å²) in [4.78, 5) is 0. The zero-order valence-corrected chi connectivity index (χ0v) is 12.5. The van der Waals surface area contributed by atoms with E-state index >= 15 is 0 Å². The molecule has 1 aromatic rings. The normalized spacial score (nSPS) is 23.7. The highest BCUT2D eigenvalue weighted by Crippen LogP contribution is 2.34. The Kier molecular flexibility index (Phi) is 3.68. The maximum atomic E-state index is 12.7. The van der Waals surface area contributed by atoms with Crippen LogP contribution in [0.3, 0.4) is 0 Å². The Labute approximate surface area is 115 Å². The molecule has 1 aliphatic carbocycles. The first kappa shape index (κ1) is 14.1. The fraction of sp³-hybridized carbons (Fsp3) is 0.375. The van der Waals surface area contributed by atoms with Crippen molar-refractivity contribution >= 4 is 9.84 Å². The SMILES string of the molecule is CC1=CC(C)(S(=O)(=O)Cc2ccccc2)CC(C)=C1. The van der Waals surface area contributed by atoms with E-state index in [0.29, 0.717) is 6.42 Å². The van der Waals surface area contributed by atoms with Gasteiger partial charge in [-0.25, -0.2) is 8.42 Å². The van der Waals surface area contributed by atoms with Crippen LogP contribution in [0.5, 0.6) is 0 Å². The Balaban J connectivity index is 2.33. The smallest absolute Gasteiger partial charge is 0.163 e. The molecule has 102 valence electrons. The van der Waals surface area contributed by atoms with Crippen LogP contribution in [-0.2, 0) is 15.6 Å². The lowest BCUT2D eigenvalue weighted by Gasteiger charge is -2.30. The zero-order valence-electron chi connectivity index (χ0n) is 11.7. The summed E-state index contributed by atoms with van der Waals surface area (Å²) >= 11 is 0. The lowest BCUT2D eigenvalue weighted by Crippen LogP contribution is -2.36. The van der Waals surface area contributed by atoms with Crippen LogP contribution in [-0.4, -0.2) is 13.2 Å². The molecule has 1 atom stereocenters. The first-order chi connectivity index (χ1) is 8.82. The zero-order chi connectivity index (χ0) is 14.1. The van der Waals surface area contributed by atoms with Gasteiger partial charge in [0.05, 0.1) is 10.5 Å². The van der Waals surface area contributed by atoms with E-state index in [9.17, 15) is 8.42 Å². The molecule has 0 N–H and O–H groups in total. The monoisotopic (exact) mass is 276 g/mol. The van der Waals surface area contributed by atoms with Crippen LogP contribution < -0.4 is 0 Å². The summed E-state index contributed by atoms with van der Waals surface area (Å²) in [6.07, 6.45) is 4.53. The molecule has 0 spiro atoms. The topological polar surface area (TPSA) is 34.1 Å². The number of allylic oxidation sites excluding steroid dienone is 3. The van der Waals surface area contributed by atoms with Gasteiger partial charge >= 0.3 is 0 Å². The highest BCUT2D eigenvalue weighted by Gasteiger charge is 2.38. The van der Waals surface area contributed by atoms with E-state index in [1.165, 1.54) is 0 Å². The second-order valence-electron chi connectivity index (χ2n) is 5.61. The number of hydrogen-bond donors (Lipinski definition) is 0. The molecule has 0 aliphatic heterocycles. The van der Waals surface area contributed by atoms with Gasteiger partial charge < -0.3 is 0 Å². The van der Waals surface area contributed by atoms with Crippen molar-refractivity contribution in [2.45, 2.75) is 37.7 Å². The highest BCUT2D eigenvalue weighted by molar-refractivity contribution is 7.92. The molecule has 1 aliphatic rings. The predicted octanol–water partition coefficient (Wildman–Crippen LogP) is 3.66. The van der Waals surface area contributed by atoms with Crippen LogP contribution in [0.25, 0.3) is 0 Å². The third-order valence-corrected chi connectivity index (χ3v) is 5.94. The molecular formula is C16H20O2S. The minimum atomic E-state index is -3.22. The molecule has 0 aromatic heterocycles. The summed E-state index contributed by atoms with van der Waals surface area (Å²) in [5.41, 5.74) is 3.00. The van der Waals surface area contributed by atoms with Crippen LogP contribution in [0.15, 0.2) is 53.6 Å². The van der Waals surface area contributed by atoms with Crippen molar-refractivity contribution in [2.75, 3.05) is 0 Å². The van der Waals surface area contributed by atoms with E-state index in [4.69, 9.17) is 0 Å². The molecule has 19 heavy (non-hydrogen) atoms. The highest BCUT2D eigenvalue weighted by atomic mass is 32.2. The first-order valence-electron chi connectivity index (χ1n) is 6.45. The number of sulfone groups is 1. The molecular weight excluding hydrogens is 256 g/mol. The van der Waals surface area contributed by atoms with Crippen molar-refractivity contribution in [2.24, 2.45) is 0 Å². The Morgan fingerprint density at radius 3 is 2.37 bits per heavy atom. The minimum absolute atomic E-state index is 0.0986. The summed E-state index contributed by atoms with van der Waals surface area (Å²) in [6, 6.07) is 9.38. The summed E-state index contributed by atoms with van der Waals surface area (Å²) in [7, 11) is -3.22. The molecule has 0 saturated carbocycles. The largest absolute Gasteiger partial charge is 0.228 e. The van der Waals surface area contributed by atoms with Gasteiger partial charge in [0.25, 0.3) is 0 Å². The fourth-order valence-corrected chi connectivity index (χ4v) is 4.50. The van der Waals surface area contributed by atoms with Crippen molar-refractivity contribution < 1.29 is 8.42 Å². The predicted molar refractivity (Wildman–Crippen MR) is 79.6 cm³/mol. The van der Waals surface area contributed by atoms with Gasteiger partial charge in [0.1, 0.15) is 0 Å². The number of rotatable bonds is 3. The first-order valence-corrected chi connectivity index (χ1v) is 8.10. The molecule has 1 aromatic carbocycles. The van der Waals surface area contributed by atoms with E-state index in [0.717, 1.165) is 16.7 Å². The van der Waals surface area contributed by atoms with Crippen molar-refractivity contribution in [1.82, 2.24) is 0 Å². The third kappa shape index (κ3) is 2.98. The Morgan fingerprint density at radius 1 is 1.16 bits per heavy atom. The number of hydrogen-bond acceptors (Lipinski definition) is 2. The van der Waals surface area contributed by atoms with Crippen molar-refractivity contribution in [3.63, 3.8) is 0 Å². The molecule has 0 fully saturated rings. The molecule has 3 heteroatoms. The standard InChI is InChI=1S/C16H20O2S/c1-13-9-14(2)11-16(3,10-13)19(17,18)12-15-7-5-4-6-8-15/h4-10H,11-12H2,1-3H3. The van der Waals surface area contributed by atoms with Gasteiger partial charge in [-0.05, 0) is 32.8 Å². The molecule has 0 heterocycles. The van der Waals surface area contributed by atoms with Gasteiger partial charge in [0.2, 0.25) is 0 Å². The van der Waals surface area contributed by atoms with E-state index in [1.54, 1.807) is 0 Å². The average Bonchev–Trinajstić information content (AvgIpc) is 2.27. The summed E-state index contributed by atoms with van der Waals surface area (Å²) in [5, 5.41) is 0. The fourth-order valence-electron chi connectivity index (χ4n) is 2.73. The van der Waals surface area contributed by atoms with E-state index in [-0.39, 0.29) is 5.75 Å². The van der Waals surface area contributed by atoms with Crippen molar-refractivity contribution in [1.29, 1.82) is 0 Å². The van der Waals surface area contributed by atoms with Crippen LogP contribution in [0.4, 0.5) is 0 Å². The van der Waals surface area contributed by atoms with E-state index in [2.05, 4.69) is 6.08 Å². The molecule has 0 amide bonds. The van der Waals surface area contributed by atoms with Gasteiger partial charge in [-0.15, -0.1) is 0 Å². The van der Waals surface area contributed by atoms with Gasteiger partial charge in [-0.2, -0.15) is 0 Å². The minimum Gasteiger partial charge on any atom is -0.228 e. The van der Waals surface area contributed by atoms with Crippen LogP contribution in [0, 0.1) is 0 Å². The maximum Gasteiger partial charge on any atom is 0.163 e. The third-order valence-electron chi connectivity index (χ3n) is 3.55. The Morgan fingerprint density at radius 2 is 1.79 bits per heavy atom. The lowest BCUT2D eigenvalue weighted by molar-refractivity contribution is 0.557. The van der Waals surface area contributed by atoms with E-state index in [1.807, 2.05) is 57.2 Å². The molecule has 0 saturated heterocycles. The molecule has 0 bridgehead atoms. The van der Waals surface area contributed by atoms with Crippen molar-refractivity contribution in [3.05, 3.63) is 59.2 Å². The van der Waals surface area contributed by atoms with Gasteiger partial charge in [-0.3, -0.25) is 0 Å². The molecule has 2 nitrogen and oxygen atoms in total. The maximum absolute atomic E-state index is 12.7. The molecule has 0 radical (unpaired) electrons. The second kappa shape index (κ2) is 4.97. The lowest BCUT2D eigenvalue weighted by atomic mass is 9.92. The number of benzene rings is 1. The molecule has 2 rings (SSSR count). The summed E-state index contributed by atoms with van der Waals surface area (Å²) in [6.45, 7) is 5.77. The Hall–Kier alpha value is -1.35. The quantitative estimate of drug-likeness (QED) is 0.844. The van der Waals surface area contributed by atoms with Crippen LogP contribution >= 0.6 is 0 Å². The van der Waals surface area contributed by atoms with Crippen molar-refractivity contribution in [3.8, 4) is 0 Å². The van der Waals surface area contributed by atoms with E-state index < -0.39 is 14.6 Å². The summed E-state index contributed by atoms with van der Waals surface area (Å²) < 4.78 is 24.6. The van der Waals surface area contributed by atoms with Crippen LogP contribution in [0.2, 0.25) is 0 Å². The van der Waals surface area contributed by atoms with Crippen LogP contribution in [0.1, 0.15) is 32.8 Å². The summed E-state index contributed by atoms with van der Waals surface area (Å²) in [5.74, 6) is 0.0986. The Bertz CT molecular complexity index is 624. The molecule has 1 unspecified atom stereocenters. The van der Waals surface area contributed by atoms with Gasteiger partial charge in [0.15, 0.2) is 9.84 Å². The van der Waals surface area contributed by atoms with Gasteiger partial charge in [-0.1, -0.05) is 53.6 Å².